The van der Waals surface area contributed by atoms with Crippen molar-refractivity contribution in [3.05, 3.63) is 91.2 Å². The molecule has 7 heterocycles. The van der Waals surface area contributed by atoms with Gasteiger partial charge in [-0.2, -0.15) is 9.97 Å². The molecular weight excluding hydrogens is 859 g/mol. The summed E-state index contributed by atoms with van der Waals surface area (Å²) in [5, 5.41) is 8.70. The van der Waals surface area contributed by atoms with Crippen LogP contribution in [0.5, 0.6) is 11.5 Å². The minimum absolute atomic E-state index is 0.0168. The number of pyridine rings is 2. The number of nitrogens with zero attached hydrogens (tertiary/aromatic N) is 8. The number of halogens is 2. The van der Waals surface area contributed by atoms with E-state index >= 15 is 0 Å². The molecule has 1 unspecified atom stereocenters. The normalized spacial score (nSPS) is 16.5. The van der Waals surface area contributed by atoms with E-state index in [1.54, 1.807) is 43.9 Å². The summed E-state index contributed by atoms with van der Waals surface area (Å²) in [6.45, 7) is 8.00. The molecule has 18 heteroatoms. The summed E-state index contributed by atoms with van der Waals surface area (Å²) in [7, 11) is 3.37. The zero-order chi connectivity index (χ0) is 44.6. The van der Waals surface area contributed by atoms with Crippen LogP contribution in [-0.2, 0) is 30.0 Å². The van der Waals surface area contributed by atoms with Crippen molar-refractivity contribution in [3.63, 3.8) is 0 Å². The molecule has 3 aliphatic rings. The lowest BCUT2D eigenvalue weighted by atomic mass is 10.00. The third-order valence-electron chi connectivity index (χ3n) is 12.3. The topological polar surface area (TPSA) is 171 Å². The summed E-state index contributed by atoms with van der Waals surface area (Å²) in [4.78, 5) is 63.8. The molecule has 2 aromatic carbocycles. The van der Waals surface area contributed by atoms with Crippen LogP contribution < -0.4 is 41.0 Å². The van der Waals surface area contributed by atoms with E-state index in [1.165, 1.54) is 11.0 Å². The molecule has 3 aliphatic heterocycles. The average molecular weight is 910 g/mol. The van der Waals surface area contributed by atoms with E-state index in [-0.39, 0.29) is 40.4 Å². The molecule has 0 radical (unpaired) electrons. The standard InChI is InChI=1S/C46H50Cl2N10O6/c1-26-12-16-58(17-13-26)46-52-34(40(48)42(54-46)51-31-9-11-36-29(19-31)21-39(44(61)56(36)4)64-32-24-62-25-32)22-37(59)27(2)63-38-20-28-18-30(8-10-35(28)55(3)43(38)60)50-41-33(47)23-49-45(53-41)57-14-6-5-7-15-57/h8-11,18-21,23,26-27,32H,5-7,12-17,22,24-25H2,1-4H3,(H,49,50,53)(H,51,52,54). The van der Waals surface area contributed by atoms with Gasteiger partial charge in [0.25, 0.3) is 11.1 Å². The Bertz CT molecular complexity index is 2870. The SMILES string of the molecule is CC1CCN(c2nc(CC(=O)C(C)Oc3cc4cc(Nc5nc(N6CCCCC6)ncc5Cl)ccc4n(C)c3=O)c(Cl)c(Nc3ccc4c(c3)cc(OC3COC3)c(=O)n4C)n2)CC1. The van der Waals surface area contributed by atoms with Crippen molar-refractivity contribution in [2.75, 3.05) is 59.8 Å². The van der Waals surface area contributed by atoms with Gasteiger partial charge in [0, 0.05) is 62.4 Å². The Balaban J connectivity index is 0.960. The molecule has 334 valence electrons. The van der Waals surface area contributed by atoms with Gasteiger partial charge >= 0.3 is 0 Å². The number of hydrogen-bond donors (Lipinski definition) is 2. The molecule has 0 spiro atoms. The van der Waals surface area contributed by atoms with Gasteiger partial charge in [0.1, 0.15) is 16.1 Å². The van der Waals surface area contributed by atoms with Crippen molar-refractivity contribution >= 4 is 85.7 Å². The molecule has 2 N–H and O–H groups in total. The number of ether oxygens (including phenoxy) is 3. The molecule has 3 fully saturated rings. The van der Waals surface area contributed by atoms with E-state index in [0.717, 1.165) is 62.8 Å². The highest BCUT2D eigenvalue weighted by Crippen LogP contribution is 2.33. The lowest BCUT2D eigenvalue weighted by Crippen LogP contribution is -2.40. The summed E-state index contributed by atoms with van der Waals surface area (Å²) in [5.41, 5.74) is 2.44. The van der Waals surface area contributed by atoms with Crippen LogP contribution in [0.1, 0.15) is 51.6 Å². The molecule has 0 saturated carbocycles. The van der Waals surface area contributed by atoms with Crippen LogP contribution in [-0.4, -0.2) is 86.5 Å². The Morgan fingerprint density at radius 2 is 1.39 bits per heavy atom. The molecule has 6 aromatic rings. The van der Waals surface area contributed by atoms with E-state index in [0.29, 0.717) is 75.7 Å². The highest BCUT2D eigenvalue weighted by molar-refractivity contribution is 6.34. The van der Waals surface area contributed by atoms with Gasteiger partial charge < -0.3 is 43.8 Å². The number of nitrogens with one attached hydrogen (secondary N) is 2. The van der Waals surface area contributed by atoms with Crippen LogP contribution in [0.25, 0.3) is 21.8 Å². The maximum Gasteiger partial charge on any atom is 0.293 e. The number of carbonyl (C=O) groups excluding carboxylic acids is 1. The zero-order valence-electron chi connectivity index (χ0n) is 36.2. The number of carbonyl (C=O) groups is 1. The van der Waals surface area contributed by atoms with Gasteiger partial charge in [-0.05, 0) is 93.5 Å². The maximum atomic E-state index is 14.0. The number of benzene rings is 2. The average Bonchev–Trinajstić information content (AvgIpc) is 3.28. The molecule has 3 saturated heterocycles. The molecule has 0 bridgehead atoms. The predicted molar refractivity (Wildman–Crippen MR) is 250 cm³/mol. The van der Waals surface area contributed by atoms with Crippen LogP contribution in [0.15, 0.2) is 64.3 Å². The number of piperidine rings is 2. The van der Waals surface area contributed by atoms with Crippen LogP contribution in [0.2, 0.25) is 10.0 Å². The van der Waals surface area contributed by atoms with Crippen molar-refractivity contribution in [2.24, 2.45) is 20.0 Å². The largest absolute Gasteiger partial charge is 0.480 e. The fraction of sp³-hybridized carbons (Fsp3) is 0.413. The first-order valence-corrected chi connectivity index (χ1v) is 22.5. The van der Waals surface area contributed by atoms with E-state index in [4.69, 9.17) is 52.4 Å². The number of aromatic nitrogens is 6. The van der Waals surface area contributed by atoms with E-state index in [1.807, 2.05) is 36.4 Å². The smallest absolute Gasteiger partial charge is 0.293 e. The van der Waals surface area contributed by atoms with Gasteiger partial charge in [0.2, 0.25) is 11.9 Å². The molecule has 0 amide bonds. The second-order valence-electron chi connectivity index (χ2n) is 16.9. The molecule has 16 nitrogen and oxygen atoms in total. The van der Waals surface area contributed by atoms with Gasteiger partial charge in [-0.15, -0.1) is 0 Å². The third kappa shape index (κ3) is 9.04. The quantitative estimate of drug-likeness (QED) is 0.118. The fourth-order valence-electron chi connectivity index (χ4n) is 8.25. The summed E-state index contributed by atoms with van der Waals surface area (Å²) in [6, 6.07) is 14.5. The number of rotatable bonds is 13. The summed E-state index contributed by atoms with van der Waals surface area (Å²) in [5.74, 6) is 2.37. The first-order valence-electron chi connectivity index (χ1n) is 21.7. The van der Waals surface area contributed by atoms with Crippen molar-refractivity contribution in [3.8, 4) is 11.5 Å². The second-order valence-corrected chi connectivity index (χ2v) is 17.7. The Labute approximate surface area is 379 Å². The lowest BCUT2D eigenvalue weighted by Gasteiger charge is -2.31. The molecule has 9 rings (SSSR count). The number of ketones is 1. The van der Waals surface area contributed by atoms with Gasteiger partial charge in [-0.1, -0.05) is 30.1 Å². The van der Waals surface area contributed by atoms with Crippen molar-refractivity contribution in [1.29, 1.82) is 0 Å². The first kappa shape index (κ1) is 43.3. The lowest BCUT2D eigenvalue weighted by molar-refractivity contribution is -0.124. The van der Waals surface area contributed by atoms with Crippen molar-refractivity contribution in [2.45, 2.75) is 64.6 Å². The van der Waals surface area contributed by atoms with Crippen LogP contribution in [0, 0.1) is 5.92 Å². The minimum atomic E-state index is -1.03. The highest BCUT2D eigenvalue weighted by atomic mass is 35.5. The van der Waals surface area contributed by atoms with E-state index in [2.05, 4.69) is 32.3 Å². The number of aryl methyl sites for hydroxylation is 2. The first-order chi connectivity index (χ1) is 30.9. The maximum absolute atomic E-state index is 14.0. The third-order valence-corrected chi connectivity index (χ3v) is 12.9. The van der Waals surface area contributed by atoms with Crippen LogP contribution in [0.3, 0.4) is 0 Å². The number of hydrogen-bond acceptors (Lipinski definition) is 14. The summed E-state index contributed by atoms with van der Waals surface area (Å²) in [6.07, 6.45) is 5.54. The van der Waals surface area contributed by atoms with Crippen molar-refractivity contribution in [1.82, 2.24) is 29.1 Å². The minimum Gasteiger partial charge on any atom is -0.480 e. The summed E-state index contributed by atoms with van der Waals surface area (Å²) < 4.78 is 20.4. The monoisotopic (exact) mass is 908 g/mol. The summed E-state index contributed by atoms with van der Waals surface area (Å²) >= 11 is 13.6. The van der Waals surface area contributed by atoms with E-state index in [9.17, 15) is 14.4 Å². The zero-order valence-corrected chi connectivity index (χ0v) is 37.7. The van der Waals surface area contributed by atoms with E-state index < -0.39 is 11.7 Å². The second kappa shape index (κ2) is 18.3. The Hall–Kier alpha value is -5.97. The number of fused-ring (bicyclic) bond motifs is 2. The van der Waals surface area contributed by atoms with Gasteiger partial charge in [-0.25, -0.2) is 9.97 Å². The van der Waals surface area contributed by atoms with Gasteiger partial charge in [0.15, 0.2) is 35.0 Å². The molecule has 4 aromatic heterocycles. The van der Waals surface area contributed by atoms with Gasteiger partial charge in [-0.3, -0.25) is 14.4 Å². The van der Waals surface area contributed by atoms with Crippen LogP contribution >= 0.6 is 23.2 Å². The molecule has 0 aliphatic carbocycles. The van der Waals surface area contributed by atoms with Crippen LogP contribution in [0.4, 0.5) is 34.9 Å². The highest BCUT2D eigenvalue weighted by Gasteiger charge is 2.26. The van der Waals surface area contributed by atoms with Crippen molar-refractivity contribution < 1.29 is 19.0 Å². The van der Waals surface area contributed by atoms with Gasteiger partial charge in [0.05, 0.1) is 42.6 Å². The Morgan fingerprint density at radius 1 is 0.797 bits per heavy atom. The molecular formula is C46H50Cl2N10O6. The predicted octanol–water partition coefficient (Wildman–Crippen LogP) is 7.35. The Kier molecular flexibility index (Phi) is 12.3. The Morgan fingerprint density at radius 3 is 2.03 bits per heavy atom. The molecule has 64 heavy (non-hydrogen) atoms. The molecule has 1 atom stereocenters. The number of Topliss-reactive ketones (excluding diaryl/α,β-unsaturated/α-hetero) is 1. The fourth-order valence-corrected chi connectivity index (χ4v) is 8.59. The number of anilines is 6.